The Kier molecular flexibility index (Phi) is 7.31. The summed E-state index contributed by atoms with van der Waals surface area (Å²) in [5, 5.41) is 11.2. The van der Waals surface area contributed by atoms with Crippen LogP contribution in [-0.4, -0.2) is 22.3 Å². The number of para-hydroxylation sites is 1. The average Bonchev–Trinajstić information content (AvgIpc) is 2.62. The fourth-order valence-electron chi connectivity index (χ4n) is 2.09. The maximum absolute atomic E-state index is 12.6. The van der Waals surface area contributed by atoms with Crippen LogP contribution in [0.25, 0.3) is 0 Å². The smallest absolute Gasteiger partial charge is 0.410 e. The van der Waals surface area contributed by atoms with Crippen LogP contribution < -0.4 is 15.0 Å². The van der Waals surface area contributed by atoms with Gasteiger partial charge in [0.25, 0.3) is 9.70 Å². The molecule has 0 unspecified atom stereocenters. The van der Waals surface area contributed by atoms with Gasteiger partial charge in [0.2, 0.25) is 0 Å². The zero-order chi connectivity index (χ0) is 19.9. The Morgan fingerprint density at radius 2 is 1.81 bits per heavy atom. The molecule has 0 saturated carbocycles. The number of nitrogens with zero attached hydrogens (tertiary/aromatic N) is 2. The van der Waals surface area contributed by atoms with Crippen molar-refractivity contribution in [3.05, 3.63) is 54.6 Å². The molecule has 0 aliphatic heterocycles. The minimum absolute atomic E-state index is 0.142. The molecule has 0 radical (unpaired) electrons. The third kappa shape index (κ3) is 6.33. The van der Waals surface area contributed by atoms with Crippen molar-refractivity contribution in [2.24, 2.45) is 0 Å². The van der Waals surface area contributed by atoms with E-state index >= 15 is 0 Å². The molecule has 0 fully saturated rings. The first-order valence-electron chi connectivity index (χ1n) is 7.71. The van der Waals surface area contributed by atoms with Crippen molar-refractivity contribution < 1.29 is 14.3 Å². The van der Waals surface area contributed by atoms with Gasteiger partial charge in [-0.05, 0) is 24.3 Å². The van der Waals surface area contributed by atoms with Crippen LogP contribution in [0.1, 0.15) is 6.42 Å². The maximum atomic E-state index is 12.6. The summed E-state index contributed by atoms with van der Waals surface area (Å²) in [5.74, 6) is -0.657. The molecule has 2 aromatic carbocycles. The van der Waals surface area contributed by atoms with Gasteiger partial charge in [-0.3, -0.25) is 9.69 Å². The van der Waals surface area contributed by atoms with Crippen molar-refractivity contribution in [1.29, 1.82) is 5.26 Å². The van der Waals surface area contributed by atoms with Crippen LogP contribution in [-0.2, 0) is 4.79 Å². The second kappa shape index (κ2) is 9.47. The zero-order valence-corrected chi connectivity index (χ0v) is 16.1. The number of anilines is 2. The average molecular weight is 427 g/mol. The molecule has 0 saturated heterocycles. The van der Waals surface area contributed by atoms with Crippen molar-refractivity contribution in [2.45, 2.75) is 10.2 Å². The van der Waals surface area contributed by atoms with Gasteiger partial charge in [0.05, 0.1) is 12.5 Å². The fraction of sp³-hybridized carbons (Fsp3) is 0.167. The van der Waals surface area contributed by atoms with Crippen LogP contribution in [0.3, 0.4) is 0 Å². The van der Waals surface area contributed by atoms with Gasteiger partial charge >= 0.3 is 6.09 Å². The van der Waals surface area contributed by atoms with Crippen molar-refractivity contribution in [2.75, 3.05) is 16.8 Å². The number of rotatable bonds is 5. The normalized spacial score (nSPS) is 10.6. The lowest BCUT2D eigenvalue weighted by molar-refractivity contribution is -0.115. The second-order valence-electron chi connectivity index (χ2n) is 5.24. The van der Waals surface area contributed by atoms with Crippen LogP contribution in [0, 0.1) is 11.3 Å². The highest BCUT2D eigenvalue weighted by atomic mass is 35.6. The third-order valence-corrected chi connectivity index (χ3v) is 3.80. The molecular formula is C18H14Cl3N3O3. The number of ether oxygens (including phenoxy) is 1. The number of nitriles is 1. The van der Waals surface area contributed by atoms with Crippen molar-refractivity contribution >= 4 is 58.2 Å². The summed E-state index contributed by atoms with van der Waals surface area (Å²) < 4.78 is 3.25. The lowest BCUT2D eigenvalue weighted by Crippen LogP contribution is -2.34. The van der Waals surface area contributed by atoms with Gasteiger partial charge in [-0.15, -0.1) is 0 Å². The van der Waals surface area contributed by atoms with Gasteiger partial charge in [0.1, 0.15) is 5.75 Å². The number of nitrogens with one attached hydrogen (secondary N) is 1. The van der Waals surface area contributed by atoms with Gasteiger partial charge < -0.3 is 10.1 Å². The van der Waals surface area contributed by atoms with E-state index < -0.39 is 15.8 Å². The number of hydrogen-bond donors (Lipinski definition) is 1. The first kappa shape index (κ1) is 20.8. The molecular weight excluding hydrogens is 413 g/mol. The molecule has 0 aliphatic rings. The predicted octanol–water partition coefficient (Wildman–Crippen LogP) is 4.91. The summed E-state index contributed by atoms with van der Waals surface area (Å²) in [6.07, 6.45) is -0.523. The quantitative estimate of drug-likeness (QED) is 0.688. The zero-order valence-electron chi connectivity index (χ0n) is 13.9. The SMILES string of the molecule is N#CCCN(C(=O)Oc1cccc(NC(=O)C(Cl)(Cl)Cl)c1)c1ccccc1. The number of hydrogen-bond acceptors (Lipinski definition) is 4. The lowest BCUT2D eigenvalue weighted by Gasteiger charge is -2.21. The van der Waals surface area contributed by atoms with Crippen LogP contribution in [0.4, 0.5) is 16.2 Å². The highest BCUT2D eigenvalue weighted by molar-refractivity contribution is 6.76. The summed E-state index contributed by atoms with van der Waals surface area (Å²) in [6.45, 7) is 0.170. The summed E-state index contributed by atoms with van der Waals surface area (Å²) in [5.41, 5.74) is 0.887. The number of alkyl halides is 3. The molecule has 9 heteroatoms. The van der Waals surface area contributed by atoms with Gasteiger partial charge in [0.15, 0.2) is 0 Å². The molecule has 0 heterocycles. The molecule has 0 bridgehead atoms. The minimum Gasteiger partial charge on any atom is -0.410 e. The molecule has 140 valence electrons. The fourth-order valence-corrected chi connectivity index (χ4v) is 2.23. The van der Waals surface area contributed by atoms with Gasteiger partial charge in [-0.1, -0.05) is 59.1 Å². The van der Waals surface area contributed by atoms with E-state index in [1.807, 2.05) is 12.1 Å². The van der Waals surface area contributed by atoms with Gasteiger partial charge in [-0.25, -0.2) is 4.79 Å². The summed E-state index contributed by atoms with van der Waals surface area (Å²) in [6, 6.07) is 16.9. The monoisotopic (exact) mass is 425 g/mol. The Hall–Kier alpha value is -2.46. The molecule has 2 aromatic rings. The summed E-state index contributed by atoms with van der Waals surface area (Å²) >= 11 is 16.5. The molecule has 0 spiro atoms. The number of amides is 2. The van der Waals surface area contributed by atoms with Crippen molar-refractivity contribution in [1.82, 2.24) is 0 Å². The Labute approximate surface area is 171 Å². The van der Waals surface area contributed by atoms with Crippen LogP contribution in [0.5, 0.6) is 5.75 Å². The van der Waals surface area contributed by atoms with Crippen molar-refractivity contribution in [3.63, 3.8) is 0 Å². The van der Waals surface area contributed by atoms with E-state index in [0.29, 0.717) is 11.4 Å². The van der Waals surface area contributed by atoms with E-state index in [0.717, 1.165) is 0 Å². The molecule has 6 nitrogen and oxygen atoms in total. The van der Waals surface area contributed by atoms with E-state index in [1.54, 1.807) is 36.4 Å². The van der Waals surface area contributed by atoms with Crippen LogP contribution >= 0.6 is 34.8 Å². The maximum Gasteiger partial charge on any atom is 0.419 e. The second-order valence-corrected chi connectivity index (χ2v) is 7.52. The first-order chi connectivity index (χ1) is 12.8. The minimum atomic E-state index is -2.12. The van der Waals surface area contributed by atoms with E-state index in [-0.39, 0.29) is 18.7 Å². The molecule has 0 aromatic heterocycles. The topological polar surface area (TPSA) is 82.4 Å². The molecule has 1 N–H and O–H groups in total. The van der Waals surface area contributed by atoms with Crippen LogP contribution in [0.15, 0.2) is 54.6 Å². The predicted molar refractivity (Wildman–Crippen MR) is 105 cm³/mol. The highest BCUT2D eigenvalue weighted by Crippen LogP contribution is 2.28. The Morgan fingerprint density at radius 3 is 2.44 bits per heavy atom. The standard InChI is InChI=1S/C18H14Cl3N3O3/c19-18(20,21)16(25)23-13-6-4-9-15(12-13)27-17(26)24(11-5-10-22)14-7-2-1-3-8-14/h1-4,6-9,12H,5,11H2,(H,23,25). The molecule has 0 atom stereocenters. The lowest BCUT2D eigenvalue weighted by atomic mass is 10.3. The number of benzene rings is 2. The first-order valence-corrected chi connectivity index (χ1v) is 8.84. The highest BCUT2D eigenvalue weighted by Gasteiger charge is 2.30. The molecule has 2 amide bonds. The summed E-state index contributed by atoms with van der Waals surface area (Å²) in [7, 11) is 0. The van der Waals surface area contributed by atoms with Crippen LogP contribution in [0.2, 0.25) is 0 Å². The van der Waals surface area contributed by atoms with E-state index in [9.17, 15) is 9.59 Å². The summed E-state index contributed by atoms with van der Waals surface area (Å²) in [4.78, 5) is 25.6. The third-order valence-electron chi connectivity index (χ3n) is 3.29. The molecule has 0 aliphatic carbocycles. The Bertz CT molecular complexity index is 848. The van der Waals surface area contributed by atoms with Gasteiger partial charge in [-0.2, -0.15) is 5.26 Å². The largest absolute Gasteiger partial charge is 0.419 e. The van der Waals surface area contributed by atoms with Gasteiger partial charge in [0, 0.05) is 24.0 Å². The van der Waals surface area contributed by atoms with Crippen molar-refractivity contribution in [3.8, 4) is 11.8 Å². The van der Waals surface area contributed by atoms with E-state index in [2.05, 4.69) is 5.32 Å². The number of carbonyl (C=O) groups is 2. The number of halogens is 3. The Balaban J connectivity index is 2.14. The molecule has 2 rings (SSSR count). The molecule has 27 heavy (non-hydrogen) atoms. The van der Waals surface area contributed by atoms with E-state index in [1.165, 1.54) is 17.0 Å². The van der Waals surface area contributed by atoms with E-state index in [4.69, 9.17) is 44.8 Å². The Morgan fingerprint density at radius 1 is 1.11 bits per heavy atom. The number of carbonyl (C=O) groups excluding carboxylic acids is 2.